The molecule has 0 unspecified atom stereocenters. The minimum absolute atomic E-state index is 0.607. The highest BCUT2D eigenvalue weighted by molar-refractivity contribution is 5.76. The van der Waals surface area contributed by atoms with E-state index in [0.29, 0.717) is 11.3 Å². The number of para-hydroxylation sites is 1. The molecule has 0 aromatic heterocycles. The highest BCUT2D eigenvalue weighted by Gasteiger charge is 2.09. The second-order valence-electron chi connectivity index (χ2n) is 3.14. The van der Waals surface area contributed by atoms with Gasteiger partial charge in [-0.05, 0) is 25.1 Å². The fourth-order valence-electron chi connectivity index (χ4n) is 1.30. The highest BCUT2D eigenvalue weighted by Crippen LogP contribution is 2.27. The average molecular weight is 186 g/mol. The van der Waals surface area contributed by atoms with Gasteiger partial charge < -0.3 is 4.74 Å². The SMILES string of the molecule is C/C(C=O)=C1/C=Cc2ccccc2O1. The Balaban J connectivity index is 2.44. The summed E-state index contributed by atoms with van der Waals surface area (Å²) >= 11 is 0. The van der Waals surface area contributed by atoms with Crippen molar-refractivity contribution in [2.75, 3.05) is 0 Å². The third kappa shape index (κ3) is 1.46. The summed E-state index contributed by atoms with van der Waals surface area (Å²) in [7, 11) is 0. The van der Waals surface area contributed by atoms with Crippen LogP contribution in [0.15, 0.2) is 41.7 Å². The summed E-state index contributed by atoms with van der Waals surface area (Å²) < 4.78 is 5.55. The number of benzene rings is 1. The van der Waals surface area contributed by atoms with Gasteiger partial charge in [0, 0.05) is 11.1 Å². The maximum atomic E-state index is 10.5. The Morgan fingerprint density at radius 1 is 1.29 bits per heavy atom. The second-order valence-corrected chi connectivity index (χ2v) is 3.14. The van der Waals surface area contributed by atoms with Crippen LogP contribution >= 0.6 is 0 Å². The Bertz CT molecular complexity index is 428. The molecule has 0 N–H and O–H groups in total. The fourth-order valence-corrected chi connectivity index (χ4v) is 1.30. The monoisotopic (exact) mass is 186 g/mol. The molecule has 70 valence electrons. The third-order valence-corrected chi connectivity index (χ3v) is 2.12. The number of hydrogen-bond acceptors (Lipinski definition) is 2. The molecular formula is C12H10O2. The van der Waals surface area contributed by atoms with Crippen LogP contribution in [0.25, 0.3) is 6.08 Å². The first kappa shape index (κ1) is 8.75. The van der Waals surface area contributed by atoms with E-state index >= 15 is 0 Å². The van der Waals surface area contributed by atoms with E-state index in [-0.39, 0.29) is 0 Å². The number of allylic oxidation sites excluding steroid dienone is 2. The van der Waals surface area contributed by atoms with Gasteiger partial charge in [-0.15, -0.1) is 0 Å². The number of carbonyl (C=O) groups is 1. The summed E-state index contributed by atoms with van der Waals surface area (Å²) in [6.45, 7) is 1.74. The molecule has 0 aliphatic carbocycles. The summed E-state index contributed by atoms with van der Waals surface area (Å²) in [5.74, 6) is 1.42. The van der Waals surface area contributed by atoms with Gasteiger partial charge >= 0.3 is 0 Å². The lowest BCUT2D eigenvalue weighted by atomic mass is 10.1. The Hall–Kier alpha value is -1.83. The first-order chi connectivity index (χ1) is 6.81. The van der Waals surface area contributed by atoms with Crippen LogP contribution in [0, 0.1) is 0 Å². The number of fused-ring (bicyclic) bond motifs is 1. The maximum Gasteiger partial charge on any atom is 0.149 e. The van der Waals surface area contributed by atoms with E-state index in [0.717, 1.165) is 17.6 Å². The summed E-state index contributed by atoms with van der Waals surface area (Å²) in [6, 6.07) is 7.72. The lowest BCUT2D eigenvalue weighted by molar-refractivity contribution is -0.105. The number of ether oxygens (including phenoxy) is 1. The molecule has 0 amide bonds. The van der Waals surface area contributed by atoms with Gasteiger partial charge in [-0.1, -0.05) is 18.2 Å². The molecule has 2 rings (SSSR count). The van der Waals surface area contributed by atoms with Crippen molar-refractivity contribution in [3.63, 3.8) is 0 Å². The van der Waals surface area contributed by atoms with Crippen molar-refractivity contribution in [2.24, 2.45) is 0 Å². The van der Waals surface area contributed by atoms with Gasteiger partial charge in [0.25, 0.3) is 0 Å². The van der Waals surface area contributed by atoms with Crippen LogP contribution in [0.5, 0.6) is 5.75 Å². The van der Waals surface area contributed by atoms with Crippen LogP contribution in [0.2, 0.25) is 0 Å². The minimum Gasteiger partial charge on any atom is -0.456 e. The Morgan fingerprint density at radius 2 is 2.07 bits per heavy atom. The number of rotatable bonds is 1. The molecule has 2 heteroatoms. The van der Waals surface area contributed by atoms with Crippen LogP contribution in [0.1, 0.15) is 12.5 Å². The fraction of sp³-hybridized carbons (Fsp3) is 0.0833. The van der Waals surface area contributed by atoms with Crippen LogP contribution in [-0.2, 0) is 4.79 Å². The van der Waals surface area contributed by atoms with E-state index in [1.165, 1.54) is 0 Å². The molecule has 0 radical (unpaired) electrons. The van der Waals surface area contributed by atoms with Crippen molar-refractivity contribution < 1.29 is 9.53 Å². The van der Waals surface area contributed by atoms with E-state index in [1.54, 1.807) is 6.92 Å². The molecule has 2 nitrogen and oxygen atoms in total. The quantitative estimate of drug-likeness (QED) is 0.497. The first-order valence-corrected chi connectivity index (χ1v) is 4.42. The van der Waals surface area contributed by atoms with Crippen LogP contribution < -0.4 is 4.74 Å². The predicted octanol–water partition coefficient (Wildman–Crippen LogP) is 2.57. The van der Waals surface area contributed by atoms with Gasteiger partial charge in [-0.25, -0.2) is 0 Å². The van der Waals surface area contributed by atoms with E-state index < -0.39 is 0 Å². The first-order valence-electron chi connectivity index (χ1n) is 4.42. The van der Waals surface area contributed by atoms with Crippen LogP contribution in [0.4, 0.5) is 0 Å². The number of carbonyl (C=O) groups excluding carboxylic acids is 1. The van der Waals surface area contributed by atoms with E-state index in [4.69, 9.17) is 4.74 Å². The summed E-state index contributed by atoms with van der Waals surface area (Å²) in [5, 5.41) is 0. The number of aldehydes is 1. The Morgan fingerprint density at radius 3 is 2.86 bits per heavy atom. The van der Waals surface area contributed by atoms with Crippen molar-refractivity contribution in [3.05, 3.63) is 47.2 Å². The van der Waals surface area contributed by atoms with E-state index in [1.807, 2.05) is 36.4 Å². The summed E-state index contributed by atoms with van der Waals surface area (Å²) in [4.78, 5) is 10.5. The summed E-state index contributed by atoms with van der Waals surface area (Å²) in [6.07, 6.45) is 4.56. The minimum atomic E-state index is 0.607. The molecule has 0 spiro atoms. The Kier molecular flexibility index (Phi) is 2.19. The lowest BCUT2D eigenvalue weighted by Gasteiger charge is -2.14. The van der Waals surface area contributed by atoms with Gasteiger partial charge in [-0.3, -0.25) is 4.79 Å². The molecule has 0 saturated heterocycles. The molecule has 0 atom stereocenters. The molecule has 1 heterocycles. The predicted molar refractivity (Wildman–Crippen MR) is 54.9 cm³/mol. The van der Waals surface area contributed by atoms with Gasteiger partial charge in [0.15, 0.2) is 0 Å². The second kappa shape index (κ2) is 3.50. The van der Waals surface area contributed by atoms with Gasteiger partial charge in [-0.2, -0.15) is 0 Å². The molecule has 0 fully saturated rings. The Labute approximate surface area is 82.5 Å². The molecule has 0 saturated carbocycles. The lowest BCUT2D eigenvalue weighted by Crippen LogP contribution is -2.01. The van der Waals surface area contributed by atoms with Crippen molar-refractivity contribution in [1.29, 1.82) is 0 Å². The molecule has 1 aromatic rings. The standard InChI is InChI=1S/C12H10O2/c1-9(8-13)11-7-6-10-4-2-3-5-12(10)14-11/h2-8H,1H3/b11-9+. The zero-order chi connectivity index (χ0) is 9.97. The molecule has 1 aromatic carbocycles. The zero-order valence-electron chi connectivity index (χ0n) is 7.86. The van der Waals surface area contributed by atoms with Gasteiger partial charge in [0.1, 0.15) is 17.8 Å². The highest BCUT2D eigenvalue weighted by atomic mass is 16.5. The normalized spacial score (nSPS) is 16.9. The van der Waals surface area contributed by atoms with Crippen LogP contribution in [0.3, 0.4) is 0 Å². The molecule has 1 aliphatic rings. The van der Waals surface area contributed by atoms with Crippen molar-refractivity contribution >= 4 is 12.4 Å². The zero-order valence-corrected chi connectivity index (χ0v) is 7.86. The smallest absolute Gasteiger partial charge is 0.149 e. The largest absolute Gasteiger partial charge is 0.456 e. The molecular weight excluding hydrogens is 176 g/mol. The van der Waals surface area contributed by atoms with Crippen molar-refractivity contribution in [2.45, 2.75) is 6.92 Å². The molecule has 1 aliphatic heterocycles. The molecule has 14 heavy (non-hydrogen) atoms. The maximum absolute atomic E-state index is 10.5. The van der Waals surface area contributed by atoms with Gasteiger partial charge in [0.05, 0.1) is 0 Å². The topological polar surface area (TPSA) is 26.3 Å². The summed E-state index contributed by atoms with van der Waals surface area (Å²) in [5.41, 5.74) is 1.64. The average Bonchev–Trinajstić information content (AvgIpc) is 2.27. The van der Waals surface area contributed by atoms with E-state index in [2.05, 4.69) is 0 Å². The number of hydrogen-bond donors (Lipinski definition) is 0. The molecule has 0 bridgehead atoms. The van der Waals surface area contributed by atoms with Gasteiger partial charge in [0.2, 0.25) is 0 Å². The van der Waals surface area contributed by atoms with Crippen molar-refractivity contribution in [3.8, 4) is 5.75 Å². The van der Waals surface area contributed by atoms with E-state index in [9.17, 15) is 4.79 Å². The van der Waals surface area contributed by atoms with Crippen LogP contribution in [-0.4, -0.2) is 6.29 Å². The third-order valence-electron chi connectivity index (χ3n) is 2.12. The van der Waals surface area contributed by atoms with Crippen molar-refractivity contribution in [1.82, 2.24) is 0 Å².